The molecule has 0 aliphatic carbocycles. The lowest BCUT2D eigenvalue weighted by molar-refractivity contribution is 0.497. The molecular formula is C14H21N5. The zero-order valence-corrected chi connectivity index (χ0v) is 11.8. The number of hydrogen-bond donors (Lipinski definition) is 1. The van der Waals surface area contributed by atoms with Gasteiger partial charge in [-0.1, -0.05) is 13.8 Å². The molecule has 2 aromatic rings. The molecule has 2 aromatic heterocycles. The molecule has 1 saturated heterocycles. The molecular weight excluding hydrogens is 238 g/mol. The van der Waals surface area contributed by atoms with Crippen molar-refractivity contribution in [3.63, 3.8) is 0 Å². The summed E-state index contributed by atoms with van der Waals surface area (Å²) in [7, 11) is 0. The molecule has 0 amide bonds. The summed E-state index contributed by atoms with van der Waals surface area (Å²) in [5.41, 5.74) is 2.23. The highest BCUT2D eigenvalue weighted by atomic mass is 15.3. The van der Waals surface area contributed by atoms with Gasteiger partial charge in [0.2, 0.25) is 0 Å². The van der Waals surface area contributed by atoms with E-state index < -0.39 is 0 Å². The van der Waals surface area contributed by atoms with E-state index in [-0.39, 0.29) is 0 Å². The van der Waals surface area contributed by atoms with Gasteiger partial charge in [-0.15, -0.1) is 0 Å². The van der Waals surface area contributed by atoms with E-state index in [1.807, 2.05) is 16.9 Å². The lowest BCUT2D eigenvalue weighted by atomic mass is 10.1. The van der Waals surface area contributed by atoms with Crippen LogP contribution in [0, 0.1) is 0 Å². The average molecular weight is 259 g/mol. The third-order valence-electron chi connectivity index (χ3n) is 3.75. The molecule has 1 aliphatic rings. The second-order valence-electron chi connectivity index (χ2n) is 5.55. The average Bonchev–Trinajstić information content (AvgIpc) is 2.83. The van der Waals surface area contributed by atoms with Crippen LogP contribution in [0.3, 0.4) is 0 Å². The summed E-state index contributed by atoms with van der Waals surface area (Å²) in [5.74, 6) is 1.49. The first-order chi connectivity index (χ1) is 9.16. The quantitative estimate of drug-likeness (QED) is 0.891. The van der Waals surface area contributed by atoms with Gasteiger partial charge in [-0.05, 0) is 18.9 Å². The van der Waals surface area contributed by atoms with Gasteiger partial charge in [0, 0.05) is 38.1 Å². The van der Waals surface area contributed by atoms with E-state index in [1.54, 1.807) is 0 Å². The largest absolute Gasteiger partial charge is 0.350 e. The van der Waals surface area contributed by atoms with Crippen molar-refractivity contribution in [2.75, 3.05) is 24.5 Å². The van der Waals surface area contributed by atoms with Gasteiger partial charge in [-0.25, -0.2) is 9.50 Å². The molecule has 1 atom stereocenters. The first kappa shape index (κ1) is 12.4. The van der Waals surface area contributed by atoms with Crippen molar-refractivity contribution < 1.29 is 0 Å². The maximum atomic E-state index is 4.63. The first-order valence-corrected chi connectivity index (χ1v) is 6.98. The van der Waals surface area contributed by atoms with Crippen LogP contribution in [0.2, 0.25) is 0 Å². The van der Waals surface area contributed by atoms with E-state index >= 15 is 0 Å². The number of rotatable bonds is 2. The molecule has 19 heavy (non-hydrogen) atoms. The Kier molecular flexibility index (Phi) is 3.14. The third kappa shape index (κ3) is 2.18. The van der Waals surface area contributed by atoms with Crippen molar-refractivity contribution in [3.8, 4) is 0 Å². The van der Waals surface area contributed by atoms with Crippen LogP contribution in [0.5, 0.6) is 0 Å². The van der Waals surface area contributed by atoms with Crippen LogP contribution >= 0.6 is 0 Å². The number of nitrogens with one attached hydrogen (secondary N) is 1. The Morgan fingerprint density at radius 1 is 1.42 bits per heavy atom. The maximum absolute atomic E-state index is 4.63. The van der Waals surface area contributed by atoms with Crippen LogP contribution < -0.4 is 10.2 Å². The fourth-order valence-electron chi connectivity index (χ4n) is 2.59. The second kappa shape index (κ2) is 4.81. The van der Waals surface area contributed by atoms with Crippen molar-refractivity contribution in [2.24, 2.45) is 0 Å². The van der Waals surface area contributed by atoms with Gasteiger partial charge >= 0.3 is 0 Å². The molecule has 1 fully saturated rings. The zero-order chi connectivity index (χ0) is 13.4. The number of piperazine rings is 1. The molecule has 0 aromatic carbocycles. The summed E-state index contributed by atoms with van der Waals surface area (Å²) in [6, 6.07) is 2.63. The van der Waals surface area contributed by atoms with Crippen LogP contribution in [-0.4, -0.2) is 40.3 Å². The molecule has 102 valence electrons. The van der Waals surface area contributed by atoms with Crippen molar-refractivity contribution in [3.05, 3.63) is 24.2 Å². The number of anilines is 1. The SMILES string of the molecule is CC(C)c1cc2c(N3CCNCC3C)nccn2n1. The molecule has 0 saturated carbocycles. The zero-order valence-electron chi connectivity index (χ0n) is 11.8. The highest BCUT2D eigenvalue weighted by Crippen LogP contribution is 2.24. The number of aromatic nitrogens is 3. The summed E-state index contributed by atoms with van der Waals surface area (Å²) in [5, 5.41) is 8.04. The second-order valence-corrected chi connectivity index (χ2v) is 5.55. The van der Waals surface area contributed by atoms with Gasteiger partial charge in [-0.2, -0.15) is 5.10 Å². The van der Waals surface area contributed by atoms with Crippen LogP contribution in [0.25, 0.3) is 5.52 Å². The minimum Gasteiger partial charge on any atom is -0.350 e. The van der Waals surface area contributed by atoms with Gasteiger partial charge in [-0.3, -0.25) is 0 Å². The van der Waals surface area contributed by atoms with E-state index in [1.165, 1.54) is 0 Å². The van der Waals surface area contributed by atoms with Gasteiger partial charge in [0.15, 0.2) is 5.82 Å². The highest BCUT2D eigenvalue weighted by molar-refractivity contribution is 5.69. The van der Waals surface area contributed by atoms with Gasteiger partial charge < -0.3 is 10.2 Å². The van der Waals surface area contributed by atoms with Gasteiger partial charge in [0.05, 0.1) is 5.69 Å². The summed E-state index contributed by atoms with van der Waals surface area (Å²) in [6.45, 7) is 9.59. The molecule has 0 spiro atoms. The molecule has 3 heterocycles. The van der Waals surface area contributed by atoms with E-state index in [0.29, 0.717) is 12.0 Å². The topological polar surface area (TPSA) is 45.5 Å². The molecule has 3 rings (SSSR count). The van der Waals surface area contributed by atoms with Crippen LogP contribution in [-0.2, 0) is 0 Å². The Morgan fingerprint density at radius 3 is 3.00 bits per heavy atom. The van der Waals surface area contributed by atoms with E-state index in [9.17, 15) is 0 Å². The first-order valence-electron chi connectivity index (χ1n) is 6.98. The van der Waals surface area contributed by atoms with E-state index in [0.717, 1.165) is 36.7 Å². The van der Waals surface area contributed by atoms with E-state index in [2.05, 4.69) is 47.1 Å². The van der Waals surface area contributed by atoms with Crippen molar-refractivity contribution >= 4 is 11.3 Å². The number of nitrogens with zero attached hydrogens (tertiary/aromatic N) is 4. The molecule has 0 bridgehead atoms. The number of hydrogen-bond acceptors (Lipinski definition) is 4. The summed E-state index contributed by atoms with van der Waals surface area (Å²) >= 11 is 0. The Hall–Kier alpha value is -1.62. The molecule has 0 radical (unpaired) electrons. The molecule has 1 aliphatic heterocycles. The normalized spacial score (nSPS) is 20.4. The van der Waals surface area contributed by atoms with Crippen LogP contribution in [0.1, 0.15) is 32.4 Å². The number of fused-ring (bicyclic) bond motifs is 1. The molecule has 5 heteroatoms. The highest BCUT2D eigenvalue weighted by Gasteiger charge is 2.22. The maximum Gasteiger partial charge on any atom is 0.155 e. The molecule has 1 N–H and O–H groups in total. The van der Waals surface area contributed by atoms with Crippen molar-refractivity contribution in [1.82, 2.24) is 19.9 Å². The smallest absolute Gasteiger partial charge is 0.155 e. The van der Waals surface area contributed by atoms with Gasteiger partial charge in [0.1, 0.15) is 5.52 Å². The minimum absolute atomic E-state index is 0.438. The fraction of sp³-hybridized carbons (Fsp3) is 0.571. The van der Waals surface area contributed by atoms with Crippen molar-refractivity contribution in [1.29, 1.82) is 0 Å². The minimum atomic E-state index is 0.438. The predicted octanol–water partition coefficient (Wildman–Crippen LogP) is 1.65. The summed E-state index contributed by atoms with van der Waals surface area (Å²) in [6.07, 6.45) is 3.77. The Bertz CT molecular complexity index is 574. The standard InChI is InChI=1S/C14H21N5/c1-10(2)12-8-13-14(16-5-7-19(13)17-12)18-6-4-15-9-11(18)3/h5,7-8,10-11,15H,4,6,9H2,1-3H3. The fourth-order valence-corrected chi connectivity index (χ4v) is 2.59. The molecule has 1 unspecified atom stereocenters. The van der Waals surface area contributed by atoms with E-state index in [4.69, 9.17) is 0 Å². The Labute approximate surface area is 113 Å². The lowest BCUT2D eigenvalue weighted by Crippen LogP contribution is -2.50. The van der Waals surface area contributed by atoms with Crippen LogP contribution in [0.15, 0.2) is 18.5 Å². The van der Waals surface area contributed by atoms with Crippen molar-refractivity contribution in [2.45, 2.75) is 32.7 Å². The van der Waals surface area contributed by atoms with Crippen LogP contribution in [0.4, 0.5) is 5.82 Å². The monoisotopic (exact) mass is 259 g/mol. The summed E-state index contributed by atoms with van der Waals surface area (Å²) in [4.78, 5) is 6.96. The lowest BCUT2D eigenvalue weighted by Gasteiger charge is -2.35. The molecule has 5 nitrogen and oxygen atoms in total. The summed E-state index contributed by atoms with van der Waals surface area (Å²) < 4.78 is 1.95. The Morgan fingerprint density at radius 2 is 2.26 bits per heavy atom. The van der Waals surface area contributed by atoms with Gasteiger partial charge in [0.25, 0.3) is 0 Å². The predicted molar refractivity (Wildman–Crippen MR) is 76.8 cm³/mol. The Balaban J connectivity index is 2.07. The third-order valence-corrected chi connectivity index (χ3v) is 3.75.